The van der Waals surface area contributed by atoms with Crippen LogP contribution in [0.2, 0.25) is 0 Å². The van der Waals surface area contributed by atoms with Crippen molar-refractivity contribution >= 4 is 23.5 Å². The van der Waals surface area contributed by atoms with Gasteiger partial charge in [0, 0.05) is 31.5 Å². The first-order valence-corrected chi connectivity index (χ1v) is 10.8. The molecule has 1 aliphatic rings. The molecule has 0 saturated carbocycles. The minimum atomic E-state index is -0.948. The molecule has 3 aromatic rings. The van der Waals surface area contributed by atoms with Crippen LogP contribution in [0.4, 0.5) is 11.6 Å². The van der Waals surface area contributed by atoms with Gasteiger partial charge in [-0.25, -0.2) is 4.98 Å². The molecule has 1 aromatic heterocycles. The third-order valence-electron chi connectivity index (χ3n) is 5.28. The van der Waals surface area contributed by atoms with Gasteiger partial charge < -0.3 is 29.8 Å². The standard InChI is InChI=1S/C24H26N4O5/c29-22-16-32-21-14-18(33-20(15-23(30)31)17-6-2-1-3-7-17)8-9-19(21)28(22)13-5-4-10-25-24-26-11-12-27-24/h1-3,6-9,11-12,14,20H,4-5,10,13,15-16H2,(H,30,31)(H2,25,26,27). The van der Waals surface area contributed by atoms with E-state index in [1.165, 1.54) is 0 Å². The summed E-state index contributed by atoms with van der Waals surface area (Å²) in [5.74, 6) is 0.718. The van der Waals surface area contributed by atoms with E-state index in [1.807, 2.05) is 30.3 Å². The van der Waals surface area contributed by atoms with Crippen LogP contribution in [-0.4, -0.2) is 46.6 Å². The van der Waals surface area contributed by atoms with Crippen molar-refractivity contribution in [1.82, 2.24) is 9.97 Å². The monoisotopic (exact) mass is 450 g/mol. The van der Waals surface area contributed by atoms with E-state index >= 15 is 0 Å². The van der Waals surface area contributed by atoms with Gasteiger partial charge in [-0.2, -0.15) is 0 Å². The van der Waals surface area contributed by atoms with Gasteiger partial charge in [-0.1, -0.05) is 30.3 Å². The lowest BCUT2D eigenvalue weighted by atomic mass is 10.1. The van der Waals surface area contributed by atoms with Crippen molar-refractivity contribution in [2.24, 2.45) is 0 Å². The average Bonchev–Trinajstić information content (AvgIpc) is 3.33. The van der Waals surface area contributed by atoms with Gasteiger partial charge in [0.25, 0.3) is 5.91 Å². The molecule has 0 radical (unpaired) electrons. The number of rotatable bonds is 11. The number of benzene rings is 2. The van der Waals surface area contributed by atoms with Crippen LogP contribution in [-0.2, 0) is 9.59 Å². The van der Waals surface area contributed by atoms with Crippen molar-refractivity contribution < 1.29 is 24.2 Å². The van der Waals surface area contributed by atoms with Crippen LogP contribution in [0.1, 0.15) is 30.9 Å². The Morgan fingerprint density at radius 3 is 2.85 bits per heavy atom. The Bertz CT molecular complexity index is 1070. The van der Waals surface area contributed by atoms with Gasteiger partial charge in [0.05, 0.1) is 12.1 Å². The van der Waals surface area contributed by atoms with E-state index in [9.17, 15) is 14.7 Å². The maximum Gasteiger partial charge on any atom is 0.307 e. The highest BCUT2D eigenvalue weighted by molar-refractivity contribution is 5.97. The van der Waals surface area contributed by atoms with Crippen LogP contribution >= 0.6 is 0 Å². The van der Waals surface area contributed by atoms with Crippen LogP contribution < -0.4 is 19.7 Å². The molecule has 0 fully saturated rings. The lowest BCUT2D eigenvalue weighted by Gasteiger charge is -2.30. The molecule has 1 aliphatic heterocycles. The summed E-state index contributed by atoms with van der Waals surface area (Å²) in [6.45, 7) is 1.27. The second-order valence-electron chi connectivity index (χ2n) is 7.65. The zero-order chi connectivity index (χ0) is 23.0. The Labute approximate surface area is 191 Å². The molecule has 2 aromatic carbocycles. The number of carbonyl (C=O) groups is 2. The molecule has 3 N–H and O–H groups in total. The number of nitrogens with zero attached hydrogens (tertiary/aromatic N) is 2. The summed E-state index contributed by atoms with van der Waals surface area (Å²) in [5, 5.41) is 12.5. The minimum absolute atomic E-state index is 0.0433. The maximum atomic E-state index is 12.5. The summed E-state index contributed by atoms with van der Waals surface area (Å²) >= 11 is 0. The van der Waals surface area contributed by atoms with Crippen molar-refractivity contribution in [2.75, 3.05) is 29.9 Å². The molecule has 0 aliphatic carbocycles. The number of nitrogens with one attached hydrogen (secondary N) is 2. The Kier molecular flexibility index (Phi) is 7.09. The number of H-pyrrole nitrogens is 1. The quantitative estimate of drug-likeness (QED) is 0.382. The number of amides is 1. The maximum absolute atomic E-state index is 12.5. The van der Waals surface area contributed by atoms with Crippen molar-refractivity contribution in [1.29, 1.82) is 0 Å². The van der Waals surface area contributed by atoms with Gasteiger partial charge in [0.1, 0.15) is 17.6 Å². The topological polar surface area (TPSA) is 117 Å². The number of unbranched alkanes of at least 4 members (excludes halogenated alkanes) is 1. The molecule has 2 heterocycles. The molecular weight excluding hydrogens is 424 g/mol. The first-order chi connectivity index (χ1) is 16.1. The third kappa shape index (κ3) is 5.82. The lowest BCUT2D eigenvalue weighted by molar-refractivity contribution is -0.139. The van der Waals surface area contributed by atoms with E-state index in [0.717, 1.165) is 30.9 Å². The number of aliphatic carboxylic acids is 1. The van der Waals surface area contributed by atoms with Crippen molar-refractivity contribution in [2.45, 2.75) is 25.4 Å². The Morgan fingerprint density at radius 2 is 2.09 bits per heavy atom. The Hall–Kier alpha value is -4.01. The number of carboxylic acids is 1. The van der Waals surface area contributed by atoms with Crippen molar-refractivity contribution in [3.8, 4) is 11.5 Å². The SMILES string of the molecule is O=C(O)CC(Oc1ccc2c(c1)OCC(=O)N2CCCCNc1ncc[nH]1)c1ccccc1. The van der Waals surface area contributed by atoms with Gasteiger partial charge in [0.2, 0.25) is 0 Å². The van der Waals surface area contributed by atoms with E-state index in [-0.39, 0.29) is 18.9 Å². The number of hydrogen-bond acceptors (Lipinski definition) is 6. The third-order valence-corrected chi connectivity index (χ3v) is 5.28. The van der Waals surface area contributed by atoms with E-state index < -0.39 is 12.1 Å². The highest BCUT2D eigenvalue weighted by atomic mass is 16.5. The number of aromatic amines is 1. The lowest BCUT2D eigenvalue weighted by Crippen LogP contribution is -2.39. The molecule has 1 atom stereocenters. The highest BCUT2D eigenvalue weighted by Gasteiger charge is 2.26. The van der Waals surface area contributed by atoms with Gasteiger partial charge in [0.15, 0.2) is 12.6 Å². The minimum Gasteiger partial charge on any atom is -0.485 e. The van der Waals surface area contributed by atoms with Crippen LogP contribution in [0.5, 0.6) is 11.5 Å². The Balaban J connectivity index is 1.40. The molecule has 1 unspecified atom stereocenters. The van der Waals surface area contributed by atoms with Gasteiger partial charge >= 0.3 is 5.97 Å². The molecule has 9 nitrogen and oxygen atoms in total. The molecule has 0 saturated heterocycles. The summed E-state index contributed by atoms with van der Waals surface area (Å²) in [6.07, 6.45) is 4.32. The average molecular weight is 450 g/mol. The van der Waals surface area contributed by atoms with E-state index in [1.54, 1.807) is 35.5 Å². The molecule has 172 valence electrons. The highest BCUT2D eigenvalue weighted by Crippen LogP contribution is 2.37. The number of carboxylic acid groups (broad SMARTS) is 1. The summed E-state index contributed by atoms with van der Waals surface area (Å²) in [7, 11) is 0. The van der Waals surface area contributed by atoms with Crippen molar-refractivity contribution in [3.05, 3.63) is 66.5 Å². The Morgan fingerprint density at radius 1 is 1.24 bits per heavy atom. The van der Waals surface area contributed by atoms with Gasteiger partial charge in [-0.05, 0) is 30.5 Å². The zero-order valence-electron chi connectivity index (χ0n) is 18.1. The molecule has 0 spiro atoms. The number of fused-ring (bicyclic) bond motifs is 1. The summed E-state index contributed by atoms with van der Waals surface area (Å²) in [6, 6.07) is 14.5. The second kappa shape index (κ2) is 10.5. The number of aromatic nitrogens is 2. The second-order valence-corrected chi connectivity index (χ2v) is 7.65. The van der Waals surface area contributed by atoms with E-state index in [4.69, 9.17) is 9.47 Å². The van der Waals surface area contributed by atoms with E-state index in [2.05, 4.69) is 15.3 Å². The predicted octanol–water partition coefficient (Wildman–Crippen LogP) is 3.62. The molecule has 1 amide bonds. The number of anilines is 2. The molecule has 33 heavy (non-hydrogen) atoms. The number of carbonyl (C=O) groups excluding carboxylic acids is 1. The number of ether oxygens (including phenoxy) is 2. The first-order valence-electron chi connectivity index (χ1n) is 10.8. The van der Waals surface area contributed by atoms with Crippen LogP contribution in [0, 0.1) is 0 Å². The largest absolute Gasteiger partial charge is 0.485 e. The van der Waals surface area contributed by atoms with Crippen LogP contribution in [0.3, 0.4) is 0 Å². The van der Waals surface area contributed by atoms with E-state index in [0.29, 0.717) is 23.7 Å². The summed E-state index contributed by atoms with van der Waals surface area (Å²) < 4.78 is 11.6. The number of imidazole rings is 1. The fourth-order valence-corrected chi connectivity index (χ4v) is 3.69. The first kappa shape index (κ1) is 22.2. The fraction of sp³-hybridized carbons (Fsp3) is 0.292. The zero-order valence-corrected chi connectivity index (χ0v) is 18.1. The smallest absolute Gasteiger partial charge is 0.307 e. The summed E-state index contributed by atoms with van der Waals surface area (Å²) in [4.78, 5) is 32.6. The molecular formula is C24H26N4O5. The molecule has 4 rings (SSSR count). The van der Waals surface area contributed by atoms with Crippen molar-refractivity contribution in [3.63, 3.8) is 0 Å². The number of hydrogen-bond donors (Lipinski definition) is 3. The van der Waals surface area contributed by atoms with Gasteiger partial charge in [-0.3, -0.25) is 9.59 Å². The summed E-state index contributed by atoms with van der Waals surface area (Å²) in [5.41, 5.74) is 1.46. The fourth-order valence-electron chi connectivity index (χ4n) is 3.69. The predicted molar refractivity (Wildman–Crippen MR) is 123 cm³/mol. The van der Waals surface area contributed by atoms with Crippen LogP contribution in [0.15, 0.2) is 60.9 Å². The van der Waals surface area contributed by atoms with Crippen LogP contribution in [0.25, 0.3) is 0 Å². The molecule has 9 heteroatoms. The van der Waals surface area contributed by atoms with Gasteiger partial charge in [-0.15, -0.1) is 0 Å². The molecule has 0 bridgehead atoms. The normalized spacial score (nSPS) is 13.7.